The SMILES string of the molecule is N#CCc1ccc(NC(=O)CN2C(=O)NC3(CCCCCC3)C2=O)cc1. The van der Waals surface area contributed by atoms with Crippen LogP contribution in [0.2, 0.25) is 0 Å². The zero-order valence-electron chi connectivity index (χ0n) is 14.6. The van der Waals surface area contributed by atoms with Gasteiger partial charge in [-0.1, -0.05) is 37.8 Å². The van der Waals surface area contributed by atoms with Gasteiger partial charge in [0.1, 0.15) is 12.1 Å². The van der Waals surface area contributed by atoms with E-state index in [-0.39, 0.29) is 12.5 Å². The van der Waals surface area contributed by atoms with Crippen LogP contribution < -0.4 is 10.6 Å². The highest BCUT2D eigenvalue weighted by Gasteiger charge is 2.51. The first-order valence-electron chi connectivity index (χ1n) is 8.94. The highest BCUT2D eigenvalue weighted by atomic mass is 16.2. The van der Waals surface area contributed by atoms with E-state index in [1.165, 1.54) is 0 Å². The summed E-state index contributed by atoms with van der Waals surface area (Å²) in [6.45, 7) is -0.299. The Kier molecular flexibility index (Phi) is 5.21. The van der Waals surface area contributed by atoms with Crippen LogP contribution in [0.4, 0.5) is 10.5 Å². The molecule has 7 nitrogen and oxygen atoms in total. The van der Waals surface area contributed by atoms with Gasteiger partial charge in [0.05, 0.1) is 12.5 Å². The molecule has 3 rings (SSSR count). The average Bonchev–Trinajstić information content (AvgIpc) is 2.79. The Hall–Kier alpha value is -2.88. The Morgan fingerprint density at radius 3 is 2.42 bits per heavy atom. The highest BCUT2D eigenvalue weighted by Crippen LogP contribution is 2.32. The predicted octanol–water partition coefficient (Wildman–Crippen LogP) is 2.34. The summed E-state index contributed by atoms with van der Waals surface area (Å²) in [6.07, 6.45) is 5.51. The normalized spacial score (nSPS) is 19.0. The standard InChI is InChI=1S/C19H22N4O3/c20-12-9-14-5-7-15(8-6-14)21-16(24)13-23-17(25)19(22-18(23)26)10-3-1-2-4-11-19/h5-8H,1-4,9-11,13H2,(H,21,24)(H,22,26). The lowest BCUT2D eigenvalue weighted by molar-refractivity contribution is -0.134. The molecule has 1 aliphatic carbocycles. The van der Waals surface area contributed by atoms with Crippen LogP contribution in [-0.4, -0.2) is 34.8 Å². The molecule has 0 unspecified atom stereocenters. The molecule has 2 N–H and O–H groups in total. The number of carbonyl (C=O) groups is 3. The third kappa shape index (κ3) is 3.69. The van der Waals surface area contributed by atoms with Gasteiger partial charge in [0.2, 0.25) is 5.91 Å². The maximum absolute atomic E-state index is 12.8. The van der Waals surface area contributed by atoms with Crippen molar-refractivity contribution in [1.29, 1.82) is 5.26 Å². The molecule has 4 amide bonds. The summed E-state index contributed by atoms with van der Waals surface area (Å²) in [7, 11) is 0. The molecular formula is C19H22N4O3. The van der Waals surface area contributed by atoms with Gasteiger partial charge in [-0.2, -0.15) is 5.26 Å². The number of anilines is 1. The first-order chi connectivity index (χ1) is 12.5. The zero-order chi connectivity index (χ0) is 18.6. The third-order valence-electron chi connectivity index (χ3n) is 5.03. The van der Waals surface area contributed by atoms with Crippen molar-refractivity contribution in [3.8, 4) is 6.07 Å². The molecule has 2 fully saturated rings. The Labute approximate surface area is 152 Å². The van der Waals surface area contributed by atoms with Crippen molar-refractivity contribution >= 4 is 23.5 Å². The van der Waals surface area contributed by atoms with Crippen LogP contribution in [0.1, 0.15) is 44.1 Å². The van der Waals surface area contributed by atoms with E-state index >= 15 is 0 Å². The summed E-state index contributed by atoms with van der Waals surface area (Å²) in [5.74, 6) is -0.712. The van der Waals surface area contributed by atoms with Gasteiger partial charge in [0.15, 0.2) is 0 Å². The number of nitrogens with zero attached hydrogens (tertiary/aromatic N) is 2. The van der Waals surface area contributed by atoms with E-state index in [9.17, 15) is 14.4 Å². The van der Waals surface area contributed by atoms with Crippen LogP contribution in [0.5, 0.6) is 0 Å². The number of carbonyl (C=O) groups excluding carboxylic acids is 3. The number of nitrogens with one attached hydrogen (secondary N) is 2. The van der Waals surface area contributed by atoms with Crippen molar-refractivity contribution in [3.63, 3.8) is 0 Å². The lowest BCUT2D eigenvalue weighted by Gasteiger charge is -2.24. The lowest BCUT2D eigenvalue weighted by Crippen LogP contribution is -2.47. The number of urea groups is 1. The van der Waals surface area contributed by atoms with E-state index in [1.54, 1.807) is 24.3 Å². The van der Waals surface area contributed by atoms with Crippen molar-refractivity contribution < 1.29 is 14.4 Å². The van der Waals surface area contributed by atoms with Gasteiger partial charge in [-0.05, 0) is 30.5 Å². The maximum atomic E-state index is 12.8. The van der Waals surface area contributed by atoms with Gasteiger partial charge < -0.3 is 10.6 Å². The maximum Gasteiger partial charge on any atom is 0.325 e. The van der Waals surface area contributed by atoms with Crippen LogP contribution >= 0.6 is 0 Å². The third-order valence-corrected chi connectivity index (χ3v) is 5.03. The Morgan fingerprint density at radius 1 is 1.15 bits per heavy atom. The molecule has 0 atom stereocenters. The summed E-state index contributed by atoms with van der Waals surface area (Å²) < 4.78 is 0. The number of amides is 4. The van der Waals surface area contributed by atoms with Crippen molar-refractivity contribution in [2.24, 2.45) is 0 Å². The van der Waals surface area contributed by atoms with Crippen LogP contribution in [0.25, 0.3) is 0 Å². The highest BCUT2D eigenvalue weighted by molar-refractivity contribution is 6.10. The Bertz CT molecular complexity index is 743. The number of rotatable bonds is 4. The first-order valence-corrected chi connectivity index (χ1v) is 8.94. The molecule has 0 bridgehead atoms. The topological polar surface area (TPSA) is 102 Å². The minimum atomic E-state index is -0.827. The molecule has 1 saturated carbocycles. The minimum absolute atomic E-state index is 0.288. The van der Waals surface area contributed by atoms with E-state index in [2.05, 4.69) is 16.7 Å². The minimum Gasteiger partial charge on any atom is -0.325 e. The first kappa shape index (κ1) is 17.9. The van der Waals surface area contributed by atoms with Gasteiger partial charge >= 0.3 is 6.03 Å². The Morgan fingerprint density at radius 2 is 1.81 bits per heavy atom. The Balaban J connectivity index is 1.62. The molecule has 1 spiro atoms. The smallest absolute Gasteiger partial charge is 0.325 e. The molecule has 1 saturated heterocycles. The van der Waals surface area contributed by atoms with Gasteiger partial charge in [-0.25, -0.2) is 4.79 Å². The van der Waals surface area contributed by atoms with E-state index in [0.29, 0.717) is 24.9 Å². The summed E-state index contributed by atoms with van der Waals surface area (Å²) >= 11 is 0. The molecular weight excluding hydrogens is 332 g/mol. The van der Waals surface area contributed by atoms with Crippen LogP contribution in [-0.2, 0) is 16.0 Å². The van der Waals surface area contributed by atoms with Crippen molar-refractivity contribution in [2.75, 3.05) is 11.9 Å². The molecule has 0 aromatic heterocycles. The number of nitriles is 1. The molecule has 2 aliphatic rings. The quantitative estimate of drug-likeness (QED) is 0.810. The van der Waals surface area contributed by atoms with Crippen molar-refractivity contribution in [2.45, 2.75) is 50.5 Å². The molecule has 7 heteroatoms. The summed E-state index contributed by atoms with van der Waals surface area (Å²) in [5, 5.41) is 14.2. The van der Waals surface area contributed by atoms with Gasteiger partial charge in [0.25, 0.3) is 5.91 Å². The monoisotopic (exact) mass is 354 g/mol. The lowest BCUT2D eigenvalue weighted by atomic mass is 9.90. The predicted molar refractivity (Wildman–Crippen MR) is 95.1 cm³/mol. The number of hydrogen-bond acceptors (Lipinski definition) is 4. The largest absolute Gasteiger partial charge is 0.325 e. The summed E-state index contributed by atoms with van der Waals surface area (Å²) in [5.41, 5.74) is 0.593. The second-order valence-electron chi connectivity index (χ2n) is 6.90. The molecule has 26 heavy (non-hydrogen) atoms. The van der Waals surface area contributed by atoms with Crippen molar-refractivity contribution in [1.82, 2.24) is 10.2 Å². The zero-order valence-corrected chi connectivity index (χ0v) is 14.6. The van der Waals surface area contributed by atoms with Gasteiger partial charge in [0, 0.05) is 5.69 Å². The van der Waals surface area contributed by atoms with Gasteiger partial charge in [-0.15, -0.1) is 0 Å². The van der Waals surface area contributed by atoms with E-state index in [4.69, 9.17) is 5.26 Å². The average molecular weight is 354 g/mol. The molecule has 1 aromatic rings. The number of hydrogen-bond donors (Lipinski definition) is 2. The molecule has 1 aromatic carbocycles. The van der Waals surface area contributed by atoms with E-state index < -0.39 is 17.5 Å². The second-order valence-corrected chi connectivity index (χ2v) is 6.90. The fourth-order valence-electron chi connectivity index (χ4n) is 3.63. The number of benzene rings is 1. The van der Waals surface area contributed by atoms with Crippen LogP contribution in [0, 0.1) is 11.3 Å². The summed E-state index contributed by atoms with van der Waals surface area (Å²) in [6, 6.07) is 8.48. The van der Waals surface area contributed by atoms with Crippen LogP contribution in [0.15, 0.2) is 24.3 Å². The summed E-state index contributed by atoms with van der Waals surface area (Å²) in [4.78, 5) is 38.3. The molecule has 136 valence electrons. The van der Waals surface area contributed by atoms with Gasteiger partial charge in [-0.3, -0.25) is 14.5 Å². The molecule has 0 radical (unpaired) electrons. The van der Waals surface area contributed by atoms with E-state index in [0.717, 1.165) is 36.1 Å². The van der Waals surface area contributed by atoms with E-state index in [1.807, 2.05) is 0 Å². The fraction of sp³-hybridized carbons (Fsp3) is 0.474. The number of imide groups is 1. The molecule has 1 aliphatic heterocycles. The fourth-order valence-corrected chi connectivity index (χ4v) is 3.63. The molecule has 1 heterocycles. The second kappa shape index (κ2) is 7.56. The van der Waals surface area contributed by atoms with Crippen molar-refractivity contribution in [3.05, 3.63) is 29.8 Å². The van der Waals surface area contributed by atoms with Crippen LogP contribution in [0.3, 0.4) is 0 Å².